The maximum atomic E-state index is 11.3. The van der Waals surface area contributed by atoms with Gasteiger partial charge in [-0.05, 0) is 36.3 Å². The number of pyridine rings is 1. The number of benzene rings is 1. The van der Waals surface area contributed by atoms with Crippen molar-refractivity contribution in [3.05, 3.63) is 60.8 Å². The van der Waals surface area contributed by atoms with E-state index in [4.69, 9.17) is 4.74 Å². The number of nitrogens with zero attached hydrogens (tertiary/aromatic N) is 1. The van der Waals surface area contributed by atoms with Gasteiger partial charge in [-0.3, -0.25) is 4.79 Å². The molecule has 1 aromatic carbocycles. The Hall–Kier alpha value is -2.62. The van der Waals surface area contributed by atoms with Crippen LogP contribution in [0.1, 0.15) is 18.5 Å². The molecule has 4 nitrogen and oxygen atoms in total. The lowest BCUT2D eigenvalue weighted by atomic mass is 10.0. The minimum atomic E-state index is -0.180. The standard InChI is InChI=1S/C17H18N2O2/c1-4-16(20)19-12(2)13-7-9-14(10-8-13)15-6-5-11-18-17(15)21-3/h4-12H,1H2,2-3H3,(H,19,20)/t12-/m1/s1. The zero-order valence-corrected chi connectivity index (χ0v) is 12.2. The predicted molar refractivity (Wildman–Crippen MR) is 83.0 cm³/mol. The molecular weight excluding hydrogens is 264 g/mol. The predicted octanol–water partition coefficient (Wildman–Crippen LogP) is 3.12. The molecule has 21 heavy (non-hydrogen) atoms. The molecule has 108 valence electrons. The van der Waals surface area contributed by atoms with Gasteiger partial charge in [0.25, 0.3) is 0 Å². The minimum Gasteiger partial charge on any atom is -0.481 e. The topological polar surface area (TPSA) is 51.2 Å². The van der Waals surface area contributed by atoms with Crippen LogP contribution in [0.5, 0.6) is 5.88 Å². The third kappa shape index (κ3) is 3.48. The summed E-state index contributed by atoms with van der Waals surface area (Å²) in [6.45, 7) is 5.38. The number of nitrogens with one attached hydrogen (secondary N) is 1. The van der Waals surface area contributed by atoms with Crippen molar-refractivity contribution in [2.75, 3.05) is 7.11 Å². The lowest BCUT2D eigenvalue weighted by Crippen LogP contribution is -2.24. The first-order chi connectivity index (χ1) is 10.2. The highest BCUT2D eigenvalue weighted by Crippen LogP contribution is 2.28. The molecule has 0 aliphatic carbocycles. The number of aromatic nitrogens is 1. The van der Waals surface area contributed by atoms with Gasteiger partial charge >= 0.3 is 0 Å². The van der Waals surface area contributed by atoms with E-state index < -0.39 is 0 Å². The second-order valence-corrected chi connectivity index (χ2v) is 4.62. The van der Waals surface area contributed by atoms with E-state index in [2.05, 4.69) is 16.9 Å². The fraction of sp³-hybridized carbons (Fsp3) is 0.176. The van der Waals surface area contributed by atoms with Gasteiger partial charge in [-0.25, -0.2) is 4.98 Å². The van der Waals surface area contributed by atoms with Gasteiger partial charge < -0.3 is 10.1 Å². The summed E-state index contributed by atoms with van der Waals surface area (Å²) in [4.78, 5) is 15.5. The summed E-state index contributed by atoms with van der Waals surface area (Å²) >= 11 is 0. The van der Waals surface area contributed by atoms with Crippen LogP contribution in [0.25, 0.3) is 11.1 Å². The average Bonchev–Trinajstić information content (AvgIpc) is 2.54. The first-order valence-corrected chi connectivity index (χ1v) is 6.68. The Labute approximate surface area is 124 Å². The summed E-state index contributed by atoms with van der Waals surface area (Å²) in [5.41, 5.74) is 2.98. The van der Waals surface area contributed by atoms with Crippen molar-refractivity contribution in [1.29, 1.82) is 0 Å². The number of hydrogen-bond donors (Lipinski definition) is 1. The fourth-order valence-electron chi connectivity index (χ4n) is 2.08. The second-order valence-electron chi connectivity index (χ2n) is 4.62. The van der Waals surface area contributed by atoms with Gasteiger partial charge in [-0.1, -0.05) is 30.8 Å². The van der Waals surface area contributed by atoms with Crippen LogP contribution in [0, 0.1) is 0 Å². The van der Waals surface area contributed by atoms with Gasteiger partial charge in [-0.2, -0.15) is 0 Å². The maximum Gasteiger partial charge on any atom is 0.243 e. The van der Waals surface area contributed by atoms with Crippen molar-refractivity contribution in [1.82, 2.24) is 10.3 Å². The summed E-state index contributed by atoms with van der Waals surface area (Å²) < 4.78 is 5.27. The summed E-state index contributed by atoms with van der Waals surface area (Å²) in [6.07, 6.45) is 2.97. The van der Waals surface area contributed by atoms with E-state index in [0.717, 1.165) is 16.7 Å². The van der Waals surface area contributed by atoms with Crippen LogP contribution in [-0.2, 0) is 4.79 Å². The summed E-state index contributed by atoms with van der Waals surface area (Å²) in [6, 6.07) is 11.7. The van der Waals surface area contributed by atoms with Crippen molar-refractivity contribution >= 4 is 5.91 Å². The molecular formula is C17H18N2O2. The third-order valence-corrected chi connectivity index (χ3v) is 3.23. The Morgan fingerprint density at radius 1 is 1.33 bits per heavy atom. The molecule has 1 N–H and O–H groups in total. The van der Waals surface area contributed by atoms with Crippen molar-refractivity contribution < 1.29 is 9.53 Å². The Morgan fingerprint density at radius 2 is 2.05 bits per heavy atom. The van der Waals surface area contributed by atoms with E-state index in [-0.39, 0.29) is 11.9 Å². The molecule has 0 fully saturated rings. The van der Waals surface area contributed by atoms with Crippen LogP contribution in [-0.4, -0.2) is 18.0 Å². The number of methoxy groups -OCH3 is 1. The lowest BCUT2D eigenvalue weighted by molar-refractivity contribution is -0.117. The molecule has 2 aromatic rings. The molecule has 1 heterocycles. The Morgan fingerprint density at radius 3 is 2.67 bits per heavy atom. The molecule has 0 radical (unpaired) electrons. The Kier molecular flexibility index (Phi) is 4.72. The van der Waals surface area contributed by atoms with Crippen LogP contribution >= 0.6 is 0 Å². The van der Waals surface area contributed by atoms with E-state index >= 15 is 0 Å². The van der Waals surface area contributed by atoms with E-state index in [0.29, 0.717) is 5.88 Å². The van der Waals surface area contributed by atoms with Crippen LogP contribution in [0.4, 0.5) is 0 Å². The van der Waals surface area contributed by atoms with Gasteiger partial charge in [-0.15, -0.1) is 0 Å². The van der Waals surface area contributed by atoms with E-state index in [9.17, 15) is 4.79 Å². The monoisotopic (exact) mass is 282 g/mol. The third-order valence-electron chi connectivity index (χ3n) is 3.23. The number of ether oxygens (including phenoxy) is 1. The molecule has 1 aromatic heterocycles. The SMILES string of the molecule is C=CC(=O)N[C@H](C)c1ccc(-c2cccnc2OC)cc1. The molecule has 0 saturated heterocycles. The van der Waals surface area contributed by atoms with Gasteiger partial charge in [0.05, 0.1) is 13.2 Å². The first-order valence-electron chi connectivity index (χ1n) is 6.68. The number of hydrogen-bond acceptors (Lipinski definition) is 3. The zero-order chi connectivity index (χ0) is 15.2. The van der Waals surface area contributed by atoms with Crippen molar-refractivity contribution in [2.45, 2.75) is 13.0 Å². The highest BCUT2D eigenvalue weighted by Gasteiger charge is 2.09. The first kappa shape index (κ1) is 14.8. The highest BCUT2D eigenvalue weighted by molar-refractivity contribution is 5.87. The molecule has 0 spiro atoms. The molecule has 0 unspecified atom stereocenters. The molecule has 1 amide bonds. The fourth-order valence-corrected chi connectivity index (χ4v) is 2.08. The van der Waals surface area contributed by atoms with Crippen molar-refractivity contribution in [3.63, 3.8) is 0 Å². The van der Waals surface area contributed by atoms with Crippen molar-refractivity contribution in [3.8, 4) is 17.0 Å². The second kappa shape index (κ2) is 6.70. The minimum absolute atomic E-state index is 0.0691. The number of amides is 1. The molecule has 1 atom stereocenters. The quantitative estimate of drug-likeness (QED) is 0.857. The van der Waals surface area contributed by atoms with Crippen LogP contribution in [0.15, 0.2) is 55.3 Å². The molecule has 4 heteroatoms. The van der Waals surface area contributed by atoms with Gasteiger partial charge in [0.1, 0.15) is 0 Å². The average molecular weight is 282 g/mol. The Balaban J connectivity index is 2.22. The molecule has 2 rings (SSSR count). The van der Waals surface area contributed by atoms with Crippen molar-refractivity contribution in [2.24, 2.45) is 0 Å². The molecule has 0 saturated carbocycles. The zero-order valence-electron chi connectivity index (χ0n) is 12.2. The summed E-state index contributed by atoms with van der Waals surface area (Å²) in [7, 11) is 1.60. The Bertz CT molecular complexity index is 635. The van der Waals surface area contributed by atoms with E-state index in [1.807, 2.05) is 43.3 Å². The van der Waals surface area contributed by atoms with Crippen LogP contribution in [0.2, 0.25) is 0 Å². The number of carbonyl (C=O) groups is 1. The van der Waals surface area contributed by atoms with Gasteiger partial charge in [0.15, 0.2) is 0 Å². The van der Waals surface area contributed by atoms with Gasteiger partial charge in [0, 0.05) is 11.8 Å². The van der Waals surface area contributed by atoms with Gasteiger partial charge in [0.2, 0.25) is 11.8 Å². The highest BCUT2D eigenvalue weighted by atomic mass is 16.5. The van der Waals surface area contributed by atoms with Crippen LogP contribution < -0.4 is 10.1 Å². The summed E-state index contributed by atoms with van der Waals surface area (Å²) in [5, 5.41) is 2.83. The normalized spacial score (nSPS) is 11.5. The number of carbonyl (C=O) groups excluding carboxylic acids is 1. The largest absolute Gasteiger partial charge is 0.481 e. The van der Waals surface area contributed by atoms with E-state index in [1.165, 1.54) is 6.08 Å². The van der Waals surface area contributed by atoms with Crippen LogP contribution in [0.3, 0.4) is 0 Å². The number of rotatable bonds is 5. The maximum absolute atomic E-state index is 11.3. The molecule has 0 bridgehead atoms. The smallest absolute Gasteiger partial charge is 0.243 e. The lowest BCUT2D eigenvalue weighted by Gasteiger charge is -2.14. The molecule has 0 aliphatic heterocycles. The summed E-state index contributed by atoms with van der Waals surface area (Å²) in [5.74, 6) is 0.416. The molecule has 0 aliphatic rings. The van der Waals surface area contributed by atoms with E-state index in [1.54, 1.807) is 13.3 Å².